The minimum Gasteiger partial charge on any atom is -0.381 e. The van der Waals surface area contributed by atoms with Gasteiger partial charge >= 0.3 is 0 Å². The van der Waals surface area contributed by atoms with Gasteiger partial charge in [0, 0.05) is 26.6 Å². The first kappa shape index (κ1) is 15.5. The van der Waals surface area contributed by atoms with Crippen LogP contribution in [0, 0.1) is 11.2 Å². The van der Waals surface area contributed by atoms with Gasteiger partial charge in [-0.3, -0.25) is 4.79 Å². The zero-order valence-corrected chi connectivity index (χ0v) is 13.2. The molecule has 0 radical (unpaired) electrons. The molecular weight excluding hydrogens is 281 g/mol. The number of hydrogen-bond donors (Lipinski definition) is 0. The number of nitrogens with zero attached hydrogens (tertiary/aromatic N) is 1. The standard InChI is InChI=1S/C18H24FNO2/c1-22-15-12-18(13-15)8-10-20(11-9-18)17(21)7-6-14-4-2-3-5-16(14)19/h2-5,15H,6-13H2,1H3. The molecule has 1 heterocycles. The highest BCUT2D eigenvalue weighted by Gasteiger charge is 2.46. The Balaban J connectivity index is 1.46. The quantitative estimate of drug-likeness (QED) is 0.855. The van der Waals surface area contributed by atoms with E-state index in [2.05, 4.69) is 0 Å². The maximum absolute atomic E-state index is 13.6. The maximum atomic E-state index is 13.6. The Kier molecular flexibility index (Phi) is 4.48. The van der Waals surface area contributed by atoms with Crippen LogP contribution in [0.1, 0.15) is 37.7 Å². The number of carbonyl (C=O) groups excluding carboxylic acids is 1. The van der Waals surface area contributed by atoms with Crippen molar-refractivity contribution in [3.8, 4) is 0 Å². The molecule has 1 saturated carbocycles. The van der Waals surface area contributed by atoms with Gasteiger partial charge in [-0.15, -0.1) is 0 Å². The van der Waals surface area contributed by atoms with E-state index in [1.54, 1.807) is 19.2 Å². The number of ether oxygens (including phenoxy) is 1. The van der Waals surface area contributed by atoms with Gasteiger partial charge in [-0.25, -0.2) is 4.39 Å². The van der Waals surface area contributed by atoms with E-state index in [0.717, 1.165) is 38.8 Å². The Morgan fingerprint density at radius 1 is 1.32 bits per heavy atom. The largest absolute Gasteiger partial charge is 0.381 e. The zero-order chi connectivity index (χ0) is 15.6. The summed E-state index contributed by atoms with van der Waals surface area (Å²) in [5.41, 5.74) is 1.05. The van der Waals surface area contributed by atoms with E-state index in [1.165, 1.54) is 6.07 Å². The second-order valence-corrected chi connectivity index (χ2v) is 6.74. The van der Waals surface area contributed by atoms with Crippen LogP contribution in [0.25, 0.3) is 0 Å². The summed E-state index contributed by atoms with van der Waals surface area (Å²) in [7, 11) is 1.78. The molecule has 1 amide bonds. The van der Waals surface area contributed by atoms with Crippen molar-refractivity contribution >= 4 is 5.91 Å². The molecule has 22 heavy (non-hydrogen) atoms. The molecular formula is C18H24FNO2. The van der Waals surface area contributed by atoms with Crippen molar-refractivity contribution < 1.29 is 13.9 Å². The van der Waals surface area contributed by atoms with E-state index in [1.807, 2.05) is 11.0 Å². The van der Waals surface area contributed by atoms with Crippen molar-refractivity contribution in [2.24, 2.45) is 5.41 Å². The number of methoxy groups -OCH3 is 1. The van der Waals surface area contributed by atoms with Gasteiger partial charge in [-0.2, -0.15) is 0 Å². The van der Waals surface area contributed by atoms with Gasteiger partial charge < -0.3 is 9.64 Å². The Bertz CT molecular complexity index is 530. The Morgan fingerprint density at radius 2 is 2.00 bits per heavy atom. The number of rotatable bonds is 4. The van der Waals surface area contributed by atoms with E-state index in [4.69, 9.17) is 4.74 Å². The molecule has 1 aliphatic heterocycles. The Hall–Kier alpha value is -1.42. The first-order valence-electron chi connectivity index (χ1n) is 8.16. The molecule has 2 aliphatic rings. The van der Waals surface area contributed by atoms with Gasteiger partial charge in [0.05, 0.1) is 6.10 Å². The second-order valence-electron chi connectivity index (χ2n) is 6.74. The molecule has 0 bridgehead atoms. The van der Waals surface area contributed by atoms with Crippen LogP contribution in [0.2, 0.25) is 0 Å². The van der Waals surface area contributed by atoms with Crippen LogP contribution in [-0.4, -0.2) is 37.1 Å². The molecule has 1 aromatic carbocycles. The Morgan fingerprint density at radius 3 is 2.64 bits per heavy atom. The van der Waals surface area contributed by atoms with E-state index >= 15 is 0 Å². The normalized spacial score (nSPS) is 20.9. The number of likely N-dealkylation sites (tertiary alicyclic amines) is 1. The molecule has 1 aliphatic carbocycles. The first-order valence-corrected chi connectivity index (χ1v) is 8.16. The lowest BCUT2D eigenvalue weighted by Gasteiger charge is -2.51. The third-order valence-corrected chi connectivity index (χ3v) is 5.40. The molecule has 1 spiro atoms. The summed E-state index contributed by atoms with van der Waals surface area (Å²) in [6.07, 6.45) is 5.74. The van der Waals surface area contributed by atoms with E-state index in [0.29, 0.717) is 29.9 Å². The Labute approximate surface area is 131 Å². The number of hydrogen-bond acceptors (Lipinski definition) is 2. The minimum absolute atomic E-state index is 0.153. The molecule has 0 aromatic heterocycles. The van der Waals surface area contributed by atoms with Crippen LogP contribution in [0.3, 0.4) is 0 Å². The van der Waals surface area contributed by atoms with Crippen LogP contribution in [0.15, 0.2) is 24.3 Å². The van der Waals surface area contributed by atoms with Crippen LogP contribution in [0.4, 0.5) is 4.39 Å². The monoisotopic (exact) mass is 305 g/mol. The summed E-state index contributed by atoms with van der Waals surface area (Å²) in [5.74, 6) is -0.0614. The number of aryl methyl sites for hydroxylation is 1. The molecule has 120 valence electrons. The molecule has 1 saturated heterocycles. The van der Waals surface area contributed by atoms with Gasteiger partial charge in [0.25, 0.3) is 0 Å². The highest BCUT2D eigenvalue weighted by atomic mass is 19.1. The highest BCUT2D eigenvalue weighted by molar-refractivity contribution is 5.76. The summed E-state index contributed by atoms with van der Waals surface area (Å²) in [4.78, 5) is 14.3. The molecule has 3 rings (SSSR count). The number of amides is 1. The van der Waals surface area contributed by atoms with Crippen molar-refractivity contribution in [2.75, 3.05) is 20.2 Å². The lowest BCUT2D eigenvalue weighted by molar-refractivity contribution is -0.138. The highest BCUT2D eigenvalue weighted by Crippen LogP contribution is 2.50. The second kappa shape index (κ2) is 6.37. The summed E-state index contributed by atoms with van der Waals surface area (Å²) >= 11 is 0. The van der Waals surface area contributed by atoms with Crippen molar-refractivity contribution in [2.45, 2.75) is 44.6 Å². The first-order chi connectivity index (χ1) is 10.6. The van der Waals surface area contributed by atoms with Crippen molar-refractivity contribution in [3.63, 3.8) is 0 Å². The topological polar surface area (TPSA) is 29.5 Å². The van der Waals surface area contributed by atoms with Crippen molar-refractivity contribution in [3.05, 3.63) is 35.6 Å². The molecule has 0 atom stereocenters. The third kappa shape index (κ3) is 3.17. The molecule has 4 heteroatoms. The molecule has 3 nitrogen and oxygen atoms in total. The SMILES string of the molecule is COC1CC2(CCN(C(=O)CCc3ccccc3F)CC2)C1. The molecule has 1 aromatic rings. The smallest absolute Gasteiger partial charge is 0.222 e. The molecule has 2 fully saturated rings. The summed E-state index contributed by atoms with van der Waals surface area (Å²) in [6, 6.07) is 6.70. The number of benzene rings is 1. The van der Waals surface area contributed by atoms with Crippen LogP contribution < -0.4 is 0 Å². The fourth-order valence-electron chi connectivity index (χ4n) is 3.81. The summed E-state index contributed by atoms with van der Waals surface area (Å²) in [6.45, 7) is 1.68. The van der Waals surface area contributed by atoms with Gasteiger partial charge in [0.1, 0.15) is 5.82 Å². The fraction of sp³-hybridized carbons (Fsp3) is 0.611. The van der Waals surface area contributed by atoms with Crippen molar-refractivity contribution in [1.29, 1.82) is 0 Å². The van der Waals surface area contributed by atoms with Gasteiger partial charge in [-0.05, 0) is 49.1 Å². The predicted molar refractivity (Wildman–Crippen MR) is 83.0 cm³/mol. The van der Waals surface area contributed by atoms with Gasteiger partial charge in [-0.1, -0.05) is 18.2 Å². The van der Waals surface area contributed by atoms with Gasteiger partial charge in [0.15, 0.2) is 0 Å². The molecule has 0 N–H and O–H groups in total. The lowest BCUT2D eigenvalue weighted by Crippen LogP contribution is -2.50. The van der Waals surface area contributed by atoms with Crippen LogP contribution in [-0.2, 0) is 16.0 Å². The zero-order valence-electron chi connectivity index (χ0n) is 13.2. The summed E-state index contributed by atoms with van der Waals surface area (Å²) in [5, 5.41) is 0. The van der Waals surface area contributed by atoms with E-state index < -0.39 is 0 Å². The number of carbonyl (C=O) groups is 1. The third-order valence-electron chi connectivity index (χ3n) is 5.40. The average molecular weight is 305 g/mol. The minimum atomic E-state index is -0.215. The number of halogens is 1. The maximum Gasteiger partial charge on any atom is 0.222 e. The van der Waals surface area contributed by atoms with Gasteiger partial charge in [0.2, 0.25) is 5.91 Å². The summed E-state index contributed by atoms with van der Waals surface area (Å²) < 4.78 is 18.9. The van der Waals surface area contributed by atoms with Crippen molar-refractivity contribution in [1.82, 2.24) is 4.90 Å². The number of piperidine rings is 1. The van der Waals surface area contributed by atoms with Crippen LogP contribution in [0.5, 0.6) is 0 Å². The fourth-order valence-corrected chi connectivity index (χ4v) is 3.81. The molecule has 0 unspecified atom stereocenters. The van der Waals surface area contributed by atoms with E-state index in [-0.39, 0.29) is 11.7 Å². The lowest BCUT2D eigenvalue weighted by atomic mass is 9.61. The average Bonchev–Trinajstić information content (AvgIpc) is 2.51. The van der Waals surface area contributed by atoms with Crippen LogP contribution >= 0.6 is 0 Å². The van der Waals surface area contributed by atoms with E-state index in [9.17, 15) is 9.18 Å². The predicted octanol–water partition coefficient (Wildman–Crippen LogP) is 3.18.